The van der Waals surface area contributed by atoms with Crippen molar-refractivity contribution in [2.24, 2.45) is 0 Å². The molecular formula is C25H28F3N5O2. The summed E-state index contributed by atoms with van der Waals surface area (Å²) < 4.78 is 45.4. The van der Waals surface area contributed by atoms with Crippen molar-refractivity contribution in [3.63, 3.8) is 0 Å². The van der Waals surface area contributed by atoms with Gasteiger partial charge < -0.3 is 19.9 Å². The van der Waals surface area contributed by atoms with E-state index in [0.717, 1.165) is 30.8 Å². The maximum absolute atomic E-state index is 13.3. The second-order valence-electron chi connectivity index (χ2n) is 8.65. The Morgan fingerprint density at radius 1 is 0.971 bits per heavy atom. The minimum atomic E-state index is -4.50. The predicted molar refractivity (Wildman–Crippen MR) is 128 cm³/mol. The van der Waals surface area contributed by atoms with Gasteiger partial charge in [0.2, 0.25) is 5.91 Å². The number of ether oxygens (including phenoxy) is 1. The summed E-state index contributed by atoms with van der Waals surface area (Å²) in [5, 5.41) is 11.7. The Morgan fingerprint density at radius 2 is 1.71 bits per heavy atom. The maximum atomic E-state index is 13.3. The fourth-order valence-corrected chi connectivity index (χ4v) is 4.42. The standard InChI is InChI=1S/C25H28F3N5O2/c26-25(27,28)20-4-7-23(33-12-14-35-15-13-33)22(16-20)30-24(34)18-31-8-1-9-32(11-10-31)21-5-2-19(17-29)3-6-21/h2-7,16H,1,8-15,18H2,(H,30,34). The molecule has 0 saturated carbocycles. The van der Waals surface area contributed by atoms with Crippen molar-refractivity contribution in [2.45, 2.75) is 12.6 Å². The van der Waals surface area contributed by atoms with Crippen LogP contribution in [0.1, 0.15) is 17.5 Å². The smallest absolute Gasteiger partial charge is 0.378 e. The lowest BCUT2D eigenvalue weighted by Crippen LogP contribution is -2.38. The van der Waals surface area contributed by atoms with E-state index in [1.54, 1.807) is 12.1 Å². The summed E-state index contributed by atoms with van der Waals surface area (Å²) in [5.41, 5.74) is 1.57. The SMILES string of the molecule is N#Cc1ccc(N2CCCN(CC(=O)Nc3cc(C(F)(F)F)ccc3N3CCOCC3)CC2)cc1. The number of nitrogens with zero attached hydrogens (tertiary/aromatic N) is 4. The van der Waals surface area contributed by atoms with E-state index in [1.807, 2.05) is 21.9 Å². The number of amides is 1. The molecule has 0 unspecified atom stereocenters. The highest BCUT2D eigenvalue weighted by atomic mass is 19.4. The second-order valence-corrected chi connectivity index (χ2v) is 8.65. The molecule has 186 valence electrons. The van der Waals surface area contributed by atoms with Gasteiger partial charge in [0.1, 0.15) is 0 Å². The van der Waals surface area contributed by atoms with Crippen molar-refractivity contribution >= 4 is 23.0 Å². The van der Waals surface area contributed by atoms with Gasteiger partial charge >= 0.3 is 6.18 Å². The van der Waals surface area contributed by atoms with Crippen molar-refractivity contribution in [1.29, 1.82) is 5.26 Å². The Hall–Kier alpha value is -3.29. The van der Waals surface area contributed by atoms with Gasteiger partial charge in [0.25, 0.3) is 0 Å². The number of anilines is 3. The monoisotopic (exact) mass is 487 g/mol. The quantitative estimate of drug-likeness (QED) is 0.696. The second kappa shape index (κ2) is 11.0. The number of nitrogens with one attached hydrogen (secondary N) is 1. The molecule has 2 aliphatic heterocycles. The minimum Gasteiger partial charge on any atom is -0.378 e. The number of carbonyl (C=O) groups excluding carboxylic acids is 1. The topological polar surface area (TPSA) is 71.8 Å². The Balaban J connectivity index is 1.41. The molecule has 2 heterocycles. The van der Waals surface area contributed by atoms with Crippen LogP contribution in [0.15, 0.2) is 42.5 Å². The van der Waals surface area contributed by atoms with Crippen molar-refractivity contribution in [3.05, 3.63) is 53.6 Å². The first kappa shape index (κ1) is 24.8. The normalized spacial score (nSPS) is 17.5. The first-order valence-corrected chi connectivity index (χ1v) is 11.6. The number of nitriles is 1. The largest absolute Gasteiger partial charge is 0.416 e. The Morgan fingerprint density at radius 3 is 2.40 bits per heavy atom. The third-order valence-electron chi connectivity index (χ3n) is 6.27. The van der Waals surface area contributed by atoms with Crippen LogP contribution in [-0.2, 0) is 15.7 Å². The lowest BCUT2D eigenvalue weighted by atomic mass is 10.1. The predicted octanol–water partition coefficient (Wildman–Crippen LogP) is 3.56. The number of rotatable bonds is 5. The molecule has 2 aliphatic rings. The number of hydrogen-bond donors (Lipinski definition) is 1. The van der Waals surface area contributed by atoms with Crippen molar-refractivity contribution in [2.75, 3.05) is 74.1 Å². The van der Waals surface area contributed by atoms with Crippen LogP contribution in [0.25, 0.3) is 0 Å². The maximum Gasteiger partial charge on any atom is 0.416 e. The fourth-order valence-electron chi connectivity index (χ4n) is 4.42. The third kappa shape index (κ3) is 6.44. The highest BCUT2D eigenvalue weighted by molar-refractivity contribution is 5.95. The third-order valence-corrected chi connectivity index (χ3v) is 6.27. The van der Waals surface area contributed by atoms with Gasteiger partial charge in [-0.15, -0.1) is 0 Å². The van der Waals surface area contributed by atoms with Crippen molar-refractivity contribution in [3.8, 4) is 6.07 Å². The summed E-state index contributed by atoms with van der Waals surface area (Å²) in [6.45, 7) is 5.04. The zero-order valence-electron chi connectivity index (χ0n) is 19.4. The van der Waals surface area contributed by atoms with Gasteiger partial charge in [-0.05, 0) is 48.9 Å². The van der Waals surface area contributed by atoms with E-state index in [-0.39, 0.29) is 18.1 Å². The van der Waals surface area contributed by atoms with Gasteiger partial charge in [-0.25, -0.2) is 0 Å². The Kier molecular flexibility index (Phi) is 7.78. The van der Waals surface area contributed by atoms with Crippen LogP contribution in [0.2, 0.25) is 0 Å². The zero-order valence-corrected chi connectivity index (χ0v) is 19.4. The summed E-state index contributed by atoms with van der Waals surface area (Å²) in [5.74, 6) is -0.342. The summed E-state index contributed by atoms with van der Waals surface area (Å²) >= 11 is 0. The molecule has 0 bridgehead atoms. The Labute approximate surface area is 202 Å². The summed E-state index contributed by atoms with van der Waals surface area (Å²) in [7, 11) is 0. The molecule has 0 atom stereocenters. The van der Waals surface area contributed by atoms with Gasteiger partial charge in [0.15, 0.2) is 0 Å². The van der Waals surface area contributed by atoms with Gasteiger partial charge in [-0.3, -0.25) is 9.69 Å². The number of alkyl halides is 3. The molecule has 2 saturated heterocycles. The lowest BCUT2D eigenvalue weighted by Gasteiger charge is -2.31. The van der Waals surface area contributed by atoms with E-state index < -0.39 is 11.7 Å². The molecule has 1 amide bonds. The number of halogens is 3. The van der Waals surface area contributed by atoms with E-state index in [9.17, 15) is 18.0 Å². The van der Waals surface area contributed by atoms with Crippen molar-refractivity contribution < 1.29 is 22.7 Å². The molecule has 4 rings (SSSR count). The van der Waals surface area contributed by atoms with Crippen LogP contribution in [0.5, 0.6) is 0 Å². The molecule has 2 aromatic rings. The van der Waals surface area contributed by atoms with E-state index in [4.69, 9.17) is 10.00 Å². The lowest BCUT2D eigenvalue weighted by molar-refractivity contribution is -0.137. The van der Waals surface area contributed by atoms with E-state index in [2.05, 4.69) is 16.3 Å². The average molecular weight is 488 g/mol. The highest BCUT2D eigenvalue weighted by Gasteiger charge is 2.32. The number of carbonyl (C=O) groups is 1. The van der Waals surface area contributed by atoms with Crippen LogP contribution in [0.4, 0.5) is 30.2 Å². The summed E-state index contributed by atoms with van der Waals surface area (Å²) in [6, 6.07) is 13.0. The van der Waals surface area contributed by atoms with Gasteiger partial charge in [-0.1, -0.05) is 0 Å². The Bertz CT molecular complexity index is 1060. The van der Waals surface area contributed by atoms with Crippen LogP contribution in [-0.4, -0.2) is 69.8 Å². The van der Waals surface area contributed by atoms with E-state index in [0.29, 0.717) is 57.2 Å². The first-order chi connectivity index (χ1) is 16.8. The highest BCUT2D eigenvalue weighted by Crippen LogP contribution is 2.35. The van der Waals surface area contributed by atoms with Crippen LogP contribution >= 0.6 is 0 Å². The molecule has 35 heavy (non-hydrogen) atoms. The van der Waals surface area contributed by atoms with E-state index >= 15 is 0 Å². The molecule has 1 N–H and O–H groups in total. The molecule has 0 radical (unpaired) electrons. The average Bonchev–Trinajstić information content (AvgIpc) is 3.09. The number of benzene rings is 2. The van der Waals surface area contributed by atoms with Crippen LogP contribution < -0.4 is 15.1 Å². The number of hydrogen-bond acceptors (Lipinski definition) is 6. The van der Waals surface area contributed by atoms with Gasteiger partial charge in [0.05, 0.1) is 48.3 Å². The molecule has 0 aromatic heterocycles. The molecular weight excluding hydrogens is 459 g/mol. The summed E-state index contributed by atoms with van der Waals surface area (Å²) in [6.07, 6.45) is -3.65. The molecule has 10 heteroatoms. The minimum absolute atomic E-state index is 0.0972. The first-order valence-electron chi connectivity index (χ1n) is 11.6. The zero-order chi connectivity index (χ0) is 24.8. The molecule has 7 nitrogen and oxygen atoms in total. The number of morpholine rings is 1. The molecule has 2 fully saturated rings. The van der Waals surface area contributed by atoms with Crippen LogP contribution in [0, 0.1) is 11.3 Å². The molecule has 2 aromatic carbocycles. The summed E-state index contributed by atoms with van der Waals surface area (Å²) in [4.78, 5) is 19.0. The fraction of sp³-hybridized carbons (Fsp3) is 0.440. The van der Waals surface area contributed by atoms with Gasteiger partial charge in [0, 0.05) is 45.0 Å². The molecule has 0 spiro atoms. The molecule has 0 aliphatic carbocycles. The van der Waals surface area contributed by atoms with Gasteiger partial charge in [-0.2, -0.15) is 18.4 Å². The van der Waals surface area contributed by atoms with Crippen molar-refractivity contribution in [1.82, 2.24) is 4.90 Å². The van der Waals surface area contributed by atoms with Crippen LogP contribution in [0.3, 0.4) is 0 Å². The van der Waals surface area contributed by atoms with E-state index in [1.165, 1.54) is 6.07 Å².